The van der Waals surface area contributed by atoms with Gasteiger partial charge in [-0.1, -0.05) is 6.92 Å². The number of carbonyl (C=O) groups is 1. The Labute approximate surface area is 122 Å². The number of likely N-dealkylation sites (tertiary alicyclic amines) is 1. The van der Waals surface area contributed by atoms with Gasteiger partial charge in [-0.2, -0.15) is 0 Å². The Morgan fingerprint density at radius 1 is 1.40 bits per heavy atom. The molecule has 1 aliphatic heterocycles. The fraction of sp³-hybridized carbons (Fsp3) is 0.688. The van der Waals surface area contributed by atoms with Gasteiger partial charge in [-0.3, -0.25) is 4.79 Å². The van der Waals surface area contributed by atoms with Crippen LogP contribution in [0.3, 0.4) is 0 Å². The standard InChI is InChI=1S/C16H27N3O/c1-4-17-12-14-7-10-18(11-8-14)16(20)15-6-5-9-19(15)13(2)3/h5-6,9,13-14,17H,4,7-8,10-12H2,1-3H3. The molecule has 0 aliphatic carbocycles. The van der Waals surface area contributed by atoms with Crippen LogP contribution in [0.25, 0.3) is 0 Å². The van der Waals surface area contributed by atoms with Gasteiger partial charge in [0.05, 0.1) is 0 Å². The van der Waals surface area contributed by atoms with Gasteiger partial charge in [-0.05, 0) is 57.8 Å². The third kappa shape index (κ3) is 3.42. The lowest BCUT2D eigenvalue weighted by Crippen LogP contribution is -2.41. The van der Waals surface area contributed by atoms with Gasteiger partial charge in [0, 0.05) is 25.3 Å². The summed E-state index contributed by atoms with van der Waals surface area (Å²) in [6.07, 6.45) is 4.22. The van der Waals surface area contributed by atoms with Crippen LogP contribution in [0, 0.1) is 5.92 Å². The van der Waals surface area contributed by atoms with Crippen LogP contribution in [0.5, 0.6) is 0 Å². The van der Waals surface area contributed by atoms with Crippen LogP contribution in [0.1, 0.15) is 50.1 Å². The van der Waals surface area contributed by atoms with E-state index in [4.69, 9.17) is 0 Å². The maximum Gasteiger partial charge on any atom is 0.270 e. The minimum absolute atomic E-state index is 0.186. The molecule has 4 heteroatoms. The molecule has 1 aliphatic rings. The molecule has 0 spiro atoms. The van der Waals surface area contributed by atoms with Gasteiger partial charge in [0.2, 0.25) is 0 Å². The summed E-state index contributed by atoms with van der Waals surface area (Å²) in [6.45, 7) is 10.2. The van der Waals surface area contributed by atoms with E-state index in [1.165, 1.54) is 0 Å². The zero-order valence-corrected chi connectivity index (χ0v) is 12.9. The topological polar surface area (TPSA) is 37.3 Å². The maximum atomic E-state index is 12.6. The van der Waals surface area contributed by atoms with Gasteiger partial charge >= 0.3 is 0 Å². The number of rotatable bonds is 5. The molecule has 0 aromatic carbocycles. The quantitative estimate of drug-likeness (QED) is 0.898. The molecule has 2 rings (SSSR count). The second-order valence-electron chi connectivity index (χ2n) is 5.94. The number of hydrogen-bond acceptors (Lipinski definition) is 2. The second-order valence-corrected chi connectivity index (χ2v) is 5.94. The number of amides is 1. The molecule has 4 nitrogen and oxygen atoms in total. The van der Waals surface area contributed by atoms with Crippen LogP contribution in [0.4, 0.5) is 0 Å². The lowest BCUT2D eigenvalue weighted by molar-refractivity contribution is 0.0678. The normalized spacial score (nSPS) is 16.9. The van der Waals surface area contributed by atoms with Crippen LogP contribution >= 0.6 is 0 Å². The number of carbonyl (C=O) groups excluding carboxylic acids is 1. The van der Waals surface area contributed by atoms with E-state index in [2.05, 4.69) is 30.7 Å². The van der Waals surface area contributed by atoms with Crippen molar-refractivity contribution in [2.24, 2.45) is 5.92 Å². The second kappa shape index (κ2) is 6.93. The van der Waals surface area contributed by atoms with Gasteiger partial charge in [0.25, 0.3) is 5.91 Å². The molecule has 0 radical (unpaired) electrons. The predicted octanol–water partition coefficient (Wildman–Crippen LogP) is 2.53. The summed E-state index contributed by atoms with van der Waals surface area (Å²) in [5.74, 6) is 0.904. The van der Waals surface area contributed by atoms with E-state index in [0.717, 1.165) is 50.6 Å². The number of hydrogen-bond donors (Lipinski definition) is 1. The van der Waals surface area contributed by atoms with Gasteiger partial charge in [-0.25, -0.2) is 0 Å². The maximum absolute atomic E-state index is 12.6. The van der Waals surface area contributed by atoms with E-state index in [1.807, 2.05) is 23.2 Å². The Kier molecular flexibility index (Phi) is 5.24. The molecule has 20 heavy (non-hydrogen) atoms. The van der Waals surface area contributed by atoms with Crippen molar-refractivity contribution in [2.45, 2.75) is 39.7 Å². The monoisotopic (exact) mass is 277 g/mol. The third-order valence-electron chi connectivity index (χ3n) is 4.14. The summed E-state index contributed by atoms with van der Waals surface area (Å²) in [6, 6.07) is 4.23. The van der Waals surface area contributed by atoms with Gasteiger partial charge in [0.1, 0.15) is 5.69 Å². The smallest absolute Gasteiger partial charge is 0.270 e. The largest absolute Gasteiger partial charge is 0.341 e. The minimum atomic E-state index is 0.186. The zero-order valence-electron chi connectivity index (χ0n) is 12.9. The average Bonchev–Trinajstić information content (AvgIpc) is 2.94. The lowest BCUT2D eigenvalue weighted by atomic mass is 9.96. The van der Waals surface area contributed by atoms with Crippen molar-refractivity contribution < 1.29 is 4.79 Å². The first-order valence-corrected chi connectivity index (χ1v) is 7.80. The Balaban J connectivity index is 1.93. The molecule has 1 fully saturated rings. The lowest BCUT2D eigenvalue weighted by Gasteiger charge is -2.32. The molecule has 112 valence electrons. The molecule has 1 aromatic heterocycles. The number of aromatic nitrogens is 1. The fourth-order valence-corrected chi connectivity index (χ4v) is 2.88. The number of piperidine rings is 1. The predicted molar refractivity (Wildman–Crippen MR) is 82.0 cm³/mol. The van der Waals surface area contributed by atoms with Crippen LogP contribution in [0.2, 0.25) is 0 Å². The van der Waals surface area contributed by atoms with Crippen molar-refractivity contribution in [3.8, 4) is 0 Å². The first-order valence-electron chi connectivity index (χ1n) is 7.80. The third-order valence-corrected chi connectivity index (χ3v) is 4.14. The van der Waals surface area contributed by atoms with Crippen LogP contribution in [0.15, 0.2) is 18.3 Å². The highest BCUT2D eigenvalue weighted by atomic mass is 16.2. The molecule has 0 saturated carbocycles. The molecule has 1 N–H and O–H groups in total. The van der Waals surface area contributed by atoms with Gasteiger partial charge < -0.3 is 14.8 Å². The zero-order chi connectivity index (χ0) is 14.5. The Morgan fingerprint density at radius 3 is 2.70 bits per heavy atom. The van der Waals surface area contributed by atoms with Crippen LogP contribution in [-0.2, 0) is 0 Å². The van der Waals surface area contributed by atoms with Crippen LogP contribution in [-0.4, -0.2) is 41.6 Å². The van der Waals surface area contributed by atoms with E-state index in [9.17, 15) is 4.79 Å². The molecule has 0 unspecified atom stereocenters. The van der Waals surface area contributed by atoms with E-state index >= 15 is 0 Å². The molecule has 2 heterocycles. The average molecular weight is 277 g/mol. The van der Waals surface area contributed by atoms with Crippen molar-refractivity contribution in [3.05, 3.63) is 24.0 Å². The Bertz CT molecular complexity index is 431. The van der Waals surface area contributed by atoms with Crippen molar-refractivity contribution >= 4 is 5.91 Å². The summed E-state index contributed by atoms with van der Waals surface area (Å²) >= 11 is 0. The molecule has 1 aromatic rings. The number of nitrogens with zero attached hydrogens (tertiary/aromatic N) is 2. The fourth-order valence-electron chi connectivity index (χ4n) is 2.88. The summed E-state index contributed by atoms with van der Waals surface area (Å²) in [7, 11) is 0. The molecular weight excluding hydrogens is 250 g/mol. The molecule has 0 bridgehead atoms. The van der Waals surface area contributed by atoms with Gasteiger partial charge in [-0.15, -0.1) is 0 Å². The van der Waals surface area contributed by atoms with E-state index < -0.39 is 0 Å². The van der Waals surface area contributed by atoms with Crippen molar-refractivity contribution in [2.75, 3.05) is 26.2 Å². The SMILES string of the molecule is CCNCC1CCN(C(=O)c2cccn2C(C)C)CC1. The first kappa shape index (κ1) is 15.1. The highest BCUT2D eigenvalue weighted by Gasteiger charge is 2.25. The Morgan fingerprint density at radius 2 is 2.10 bits per heavy atom. The molecule has 1 saturated heterocycles. The summed E-state index contributed by atoms with van der Waals surface area (Å²) in [4.78, 5) is 14.6. The molecular formula is C16H27N3O. The van der Waals surface area contributed by atoms with Crippen LogP contribution < -0.4 is 5.32 Å². The van der Waals surface area contributed by atoms with E-state index in [-0.39, 0.29) is 5.91 Å². The minimum Gasteiger partial charge on any atom is -0.341 e. The van der Waals surface area contributed by atoms with Gasteiger partial charge in [0.15, 0.2) is 0 Å². The molecule has 1 amide bonds. The van der Waals surface area contributed by atoms with Crippen molar-refractivity contribution in [1.29, 1.82) is 0 Å². The summed E-state index contributed by atoms with van der Waals surface area (Å²) in [5, 5.41) is 3.41. The van der Waals surface area contributed by atoms with E-state index in [0.29, 0.717) is 6.04 Å². The highest BCUT2D eigenvalue weighted by molar-refractivity contribution is 5.92. The van der Waals surface area contributed by atoms with E-state index in [1.54, 1.807) is 0 Å². The van der Waals surface area contributed by atoms with Crippen molar-refractivity contribution in [1.82, 2.24) is 14.8 Å². The number of nitrogens with one attached hydrogen (secondary N) is 1. The highest BCUT2D eigenvalue weighted by Crippen LogP contribution is 2.20. The molecule has 0 atom stereocenters. The summed E-state index contributed by atoms with van der Waals surface area (Å²) in [5.41, 5.74) is 0.824. The first-order chi connectivity index (χ1) is 9.63. The Hall–Kier alpha value is -1.29. The summed E-state index contributed by atoms with van der Waals surface area (Å²) < 4.78 is 2.06. The van der Waals surface area contributed by atoms with Crippen molar-refractivity contribution in [3.63, 3.8) is 0 Å².